The molecule has 0 radical (unpaired) electrons. The third-order valence-corrected chi connectivity index (χ3v) is 15.3. The van der Waals surface area contributed by atoms with Crippen molar-refractivity contribution in [3.05, 3.63) is 174 Å². The quantitative estimate of drug-likeness (QED) is 0.0613. The summed E-state index contributed by atoms with van der Waals surface area (Å²) in [5, 5.41) is 23.8. The number of nitrogens with zero attached hydrogens (tertiary/aromatic N) is 3. The summed E-state index contributed by atoms with van der Waals surface area (Å²) in [6.45, 7) is 0.508. The molecule has 5 heterocycles. The number of carbonyl (C=O) groups is 4. The van der Waals surface area contributed by atoms with Crippen LogP contribution in [0.1, 0.15) is 64.1 Å². The number of fused-ring (bicyclic) bond motifs is 7. The molecule has 3 amide bonds. The number of nitrogens with one attached hydrogen (secondary N) is 3. The van der Waals surface area contributed by atoms with Gasteiger partial charge in [-0.15, -0.1) is 0 Å². The lowest BCUT2D eigenvalue weighted by molar-refractivity contribution is -0.121. The van der Waals surface area contributed by atoms with Crippen molar-refractivity contribution in [3.8, 4) is 22.9 Å². The molecule has 0 bridgehead atoms. The number of carbonyl (C=O) groups excluding carboxylic acids is 3. The number of rotatable bonds is 18. The molecule has 0 aliphatic carbocycles. The second-order valence-corrected chi connectivity index (χ2v) is 19.7. The summed E-state index contributed by atoms with van der Waals surface area (Å²) in [5.74, 6) is 0.398. The molecule has 2 fully saturated rings. The Balaban J connectivity index is 0.852. The van der Waals surface area contributed by atoms with E-state index in [1.54, 1.807) is 24.3 Å². The number of pyridine rings is 1. The Morgan fingerprint density at radius 2 is 1.26 bits per heavy atom. The fourth-order valence-electron chi connectivity index (χ4n) is 10.5. The summed E-state index contributed by atoms with van der Waals surface area (Å²) in [6, 6.07) is 48.7. The molecule has 3 unspecified atom stereocenters. The van der Waals surface area contributed by atoms with Gasteiger partial charge in [-0.25, -0.2) is 9.78 Å². The third-order valence-electron chi connectivity index (χ3n) is 13.7. The summed E-state index contributed by atoms with van der Waals surface area (Å²) in [6.07, 6.45) is 5.01. The molecule has 0 saturated carbocycles. The van der Waals surface area contributed by atoms with Crippen LogP contribution in [0.3, 0.4) is 0 Å². The zero-order valence-electron chi connectivity index (χ0n) is 39.4. The lowest BCUT2D eigenvalue weighted by Crippen LogP contribution is -2.35. The van der Waals surface area contributed by atoms with Crippen molar-refractivity contribution in [3.63, 3.8) is 0 Å². The van der Waals surface area contributed by atoms with Gasteiger partial charge in [-0.1, -0.05) is 79.2 Å². The van der Waals surface area contributed by atoms with Crippen LogP contribution in [-0.2, 0) is 22.8 Å². The summed E-state index contributed by atoms with van der Waals surface area (Å²) in [7, 11) is 0. The zero-order valence-corrected chi connectivity index (χ0v) is 40.2. The molecule has 9 aromatic rings. The van der Waals surface area contributed by atoms with Crippen LogP contribution in [-0.4, -0.2) is 73.0 Å². The number of aromatic carboxylic acids is 1. The van der Waals surface area contributed by atoms with Gasteiger partial charge in [-0.3, -0.25) is 14.4 Å². The predicted molar refractivity (Wildman–Crippen MR) is 282 cm³/mol. The first kappa shape index (κ1) is 46.3. The first-order valence-electron chi connectivity index (χ1n) is 24.4. The molecule has 72 heavy (non-hydrogen) atoms. The van der Waals surface area contributed by atoms with Gasteiger partial charge in [0, 0.05) is 81.9 Å². The maximum Gasteiger partial charge on any atom is 0.358 e. The van der Waals surface area contributed by atoms with Gasteiger partial charge in [0.2, 0.25) is 11.8 Å². The molecule has 4 N–H and O–H groups in total. The van der Waals surface area contributed by atoms with E-state index < -0.39 is 5.97 Å². The number of hydrogen-bond donors (Lipinski definition) is 4. The fraction of sp³-hybridized carbons (Fsp3) is 0.224. The molecular formula is C58H52N6O7S. The topological polar surface area (TPSA) is 166 Å². The van der Waals surface area contributed by atoms with Crippen LogP contribution in [0, 0.1) is 5.92 Å². The summed E-state index contributed by atoms with van der Waals surface area (Å²) in [5.41, 5.74) is 7.71. The SMILES string of the molecule is O=C(CCCCC1SCC2CC(=O)NC21)NCCNC(=O)c1cc(COc2cccnc2C(=O)O)cc(OCc2cc(-n3c4ccccc4c4ccccc43)cc(-n3c4ccccc4c4ccccc43)c2)c1. The number of para-hydroxylation sites is 4. The second-order valence-electron chi connectivity index (χ2n) is 18.5. The average Bonchev–Trinajstić information content (AvgIpc) is 4.16. The van der Waals surface area contributed by atoms with Crippen LogP contribution in [0.2, 0.25) is 0 Å². The number of unbranched alkanes of at least 4 members (excludes halogenated alkanes) is 1. The molecule has 14 heteroatoms. The molecule has 0 spiro atoms. The Labute approximate surface area is 419 Å². The zero-order chi connectivity index (χ0) is 49.1. The van der Waals surface area contributed by atoms with Crippen molar-refractivity contribution in [2.24, 2.45) is 5.92 Å². The highest BCUT2D eigenvalue weighted by molar-refractivity contribution is 8.00. The lowest BCUT2D eigenvalue weighted by Gasteiger charge is -2.17. The van der Waals surface area contributed by atoms with Crippen molar-refractivity contribution < 1.29 is 33.8 Å². The van der Waals surface area contributed by atoms with Gasteiger partial charge in [0.05, 0.1) is 22.1 Å². The van der Waals surface area contributed by atoms with Gasteiger partial charge in [-0.05, 0) is 108 Å². The van der Waals surface area contributed by atoms with E-state index >= 15 is 0 Å². The summed E-state index contributed by atoms with van der Waals surface area (Å²) in [4.78, 5) is 54.4. The van der Waals surface area contributed by atoms with Crippen molar-refractivity contribution in [1.82, 2.24) is 30.1 Å². The van der Waals surface area contributed by atoms with Crippen LogP contribution >= 0.6 is 11.8 Å². The van der Waals surface area contributed by atoms with Gasteiger partial charge in [0.1, 0.15) is 19.0 Å². The first-order chi connectivity index (χ1) is 35.3. The highest BCUT2D eigenvalue weighted by Crippen LogP contribution is 2.40. The number of benzene rings is 6. The first-order valence-corrected chi connectivity index (χ1v) is 25.5. The van der Waals surface area contributed by atoms with E-state index in [1.807, 2.05) is 11.8 Å². The maximum absolute atomic E-state index is 13.9. The molecule has 2 saturated heterocycles. The maximum atomic E-state index is 13.9. The number of aromatic nitrogens is 3. The molecule has 3 atom stereocenters. The standard InChI is InChI=1S/C58H52N6O7S/c65-53(22-10-9-21-52-55-39(35-72-52)31-54(66)62-55)59-24-25-61-57(67)38-26-36(34-71-51-20-11-23-60-56(51)58(68)69)29-42(30-38)70-33-37-27-40(63-47-16-5-1-12-43(47)44-13-2-6-17-48(44)63)32-41(28-37)64-49-18-7-3-14-45(49)46-15-4-8-19-50(46)64/h1-8,11-20,23,26-30,32,39,52,55H,9-10,21-22,24-25,31,33-35H2,(H,59,65)(H,61,67)(H,62,66)(H,68,69). The number of carboxylic acids is 1. The van der Waals surface area contributed by atoms with Gasteiger partial charge < -0.3 is 39.7 Å². The molecule has 2 aliphatic rings. The largest absolute Gasteiger partial charge is 0.489 e. The Hall–Kier alpha value is -8.10. The van der Waals surface area contributed by atoms with E-state index in [0.717, 1.165) is 85.6 Å². The van der Waals surface area contributed by atoms with Gasteiger partial charge in [-0.2, -0.15) is 11.8 Å². The smallest absolute Gasteiger partial charge is 0.358 e. The number of thioether (sulfide) groups is 1. The van der Waals surface area contributed by atoms with Gasteiger partial charge in [0.25, 0.3) is 5.91 Å². The van der Waals surface area contributed by atoms with E-state index in [0.29, 0.717) is 40.9 Å². The van der Waals surface area contributed by atoms with Crippen LogP contribution in [0.5, 0.6) is 11.5 Å². The van der Waals surface area contributed by atoms with Crippen molar-refractivity contribution >= 4 is 79.1 Å². The Morgan fingerprint density at radius 1 is 0.681 bits per heavy atom. The van der Waals surface area contributed by atoms with E-state index in [1.165, 1.54) is 12.3 Å². The predicted octanol–water partition coefficient (Wildman–Crippen LogP) is 10.2. The van der Waals surface area contributed by atoms with E-state index in [-0.39, 0.29) is 61.5 Å². The Morgan fingerprint density at radius 3 is 1.89 bits per heavy atom. The van der Waals surface area contributed by atoms with E-state index in [2.05, 4.69) is 145 Å². The Kier molecular flexibility index (Phi) is 13.1. The molecule has 2 aliphatic heterocycles. The van der Waals surface area contributed by atoms with Gasteiger partial charge >= 0.3 is 5.97 Å². The number of carboxylic acid groups (broad SMARTS) is 1. The van der Waals surface area contributed by atoms with Crippen molar-refractivity contribution in [2.75, 3.05) is 18.8 Å². The third kappa shape index (κ3) is 9.45. The van der Waals surface area contributed by atoms with E-state index in [4.69, 9.17) is 9.47 Å². The number of hydrogen-bond acceptors (Lipinski definition) is 8. The minimum atomic E-state index is -1.22. The van der Waals surface area contributed by atoms with Crippen LogP contribution in [0.25, 0.3) is 55.0 Å². The highest BCUT2D eigenvalue weighted by Gasteiger charge is 2.42. The van der Waals surface area contributed by atoms with Crippen molar-refractivity contribution in [1.29, 1.82) is 0 Å². The minimum Gasteiger partial charge on any atom is -0.489 e. The monoisotopic (exact) mass is 976 g/mol. The van der Waals surface area contributed by atoms with E-state index in [9.17, 15) is 24.3 Å². The van der Waals surface area contributed by atoms with Crippen LogP contribution < -0.4 is 25.4 Å². The molecule has 13 nitrogen and oxygen atoms in total. The number of ether oxygens (including phenoxy) is 2. The molecular weight excluding hydrogens is 925 g/mol. The molecule has 3 aromatic heterocycles. The summed E-state index contributed by atoms with van der Waals surface area (Å²) >= 11 is 1.92. The van der Waals surface area contributed by atoms with Crippen LogP contribution in [0.15, 0.2) is 152 Å². The molecule has 11 rings (SSSR count). The second kappa shape index (κ2) is 20.3. The Bertz CT molecular complexity index is 3310. The van der Waals surface area contributed by atoms with Gasteiger partial charge in [0.15, 0.2) is 11.4 Å². The average molecular weight is 977 g/mol. The lowest BCUT2D eigenvalue weighted by atomic mass is 9.97. The number of amides is 3. The van der Waals surface area contributed by atoms with Crippen LogP contribution in [0.4, 0.5) is 0 Å². The molecule has 6 aromatic carbocycles. The summed E-state index contributed by atoms with van der Waals surface area (Å²) < 4.78 is 17.2. The molecule has 362 valence electrons. The minimum absolute atomic E-state index is 0.0734. The fourth-order valence-corrected chi connectivity index (χ4v) is 12.1. The van der Waals surface area contributed by atoms with Crippen molar-refractivity contribution in [2.45, 2.75) is 56.6 Å². The normalized spacial score (nSPS) is 16.3. The highest BCUT2D eigenvalue weighted by atomic mass is 32.2.